The van der Waals surface area contributed by atoms with E-state index in [0.717, 1.165) is 21.7 Å². The number of rotatable bonds is 4. The van der Waals surface area contributed by atoms with Crippen LogP contribution in [0.2, 0.25) is 0 Å². The largest absolute Gasteiger partial charge is 0.480 e. The van der Waals surface area contributed by atoms with Gasteiger partial charge in [-0.15, -0.1) is 23.1 Å². The minimum Gasteiger partial charge on any atom is -0.480 e. The molecule has 4 rings (SSSR count). The lowest BCUT2D eigenvalue weighted by molar-refractivity contribution is -0.136. The highest BCUT2D eigenvalue weighted by Gasteiger charge is 2.39. The maximum absolute atomic E-state index is 13.1. The van der Waals surface area contributed by atoms with Crippen LogP contribution in [-0.4, -0.2) is 39.1 Å². The molecule has 0 saturated carbocycles. The molecule has 30 heavy (non-hydrogen) atoms. The van der Waals surface area contributed by atoms with Gasteiger partial charge in [0.15, 0.2) is 0 Å². The van der Waals surface area contributed by atoms with Crippen LogP contribution in [0.25, 0.3) is 11.3 Å². The number of hydrogen-bond acceptors (Lipinski definition) is 5. The third-order valence-electron chi connectivity index (χ3n) is 4.87. The second-order valence-electron chi connectivity index (χ2n) is 8.11. The van der Waals surface area contributed by atoms with Crippen LogP contribution in [0.15, 0.2) is 47.8 Å². The van der Waals surface area contributed by atoms with Crippen LogP contribution in [0.5, 0.6) is 0 Å². The molecule has 1 atom stereocenters. The van der Waals surface area contributed by atoms with Crippen molar-refractivity contribution in [3.05, 3.63) is 58.3 Å². The SMILES string of the molecule is CC(C)(C)n1nc(-c2ccccc2)c2c1N(CC(=O)O)C(=O)CSC2c1cccs1. The summed E-state index contributed by atoms with van der Waals surface area (Å²) in [5, 5.41) is 16.4. The normalized spacial score (nSPS) is 17.0. The van der Waals surface area contributed by atoms with Crippen LogP contribution in [0.1, 0.15) is 36.5 Å². The summed E-state index contributed by atoms with van der Waals surface area (Å²) in [6.07, 6.45) is 0. The van der Waals surface area contributed by atoms with E-state index >= 15 is 0 Å². The van der Waals surface area contributed by atoms with Crippen LogP contribution in [-0.2, 0) is 15.1 Å². The molecule has 8 heteroatoms. The van der Waals surface area contributed by atoms with Crippen LogP contribution < -0.4 is 4.90 Å². The predicted molar refractivity (Wildman–Crippen MR) is 121 cm³/mol. The topological polar surface area (TPSA) is 75.4 Å². The molecule has 3 aromatic rings. The molecule has 6 nitrogen and oxygen atoms in total. The Labute approximate surface area is 183 Å². The molecular weight excluding hydrogens is 418 g/mol. The zero-order valence-corrected chi connectivity index (χ0v) is 18.7. The first-order chi connectivity index (χ1) is 14.3. The van der Waals surface area contributed by atoms with Crippen LogP contribution in [0.4, 0.5) is 5.82 Å². The number of thiophene rings is 1. The first kappa shape index (κ1) is 20.7. The Bertz CT molecular complexity index is 1070. The molecule has 0 radical (unpaired) electrons. The molecule has 2 aromatic heterocycles. The minimum atomic E-state index is -1.04. The number of carbonyl (C=O) groups excluding carboxylic acids is 1. The molecule has 1 amide bonds. The number of nitrogens with zero attached hydrogens (tertiary/aromatic N) is 3. The Kier molecular flexibility index (Phi) is 5.46. The number of anilines is 1. The Morgan fingerprint density at radius 2 is 1.93 bits per heavy atom. The highest BCUT2D eigenvalue weighted by atomic mass is 32.2. The quantitative estimate of drug-likeness (QED) is 0.639. The summed E-state index contributed by atoms with van der Waals surface area (Å²) in [7, 11) is 0. The van der Waals surface area contributed by atoms with Gasteiger partial charge in [0.25, 0.3) is 0 Å². The fourth-order valence-electron chi connectivity index (χ4n) is 3.60. The summed E-state index contributed by atoms with van der Waals surface area (Å²) in [6, 6.07) is 13.9. The summed E-state index contributed by atoms with van der Waals surface area (Å²) in [6.45, 7) is 5.64. The van der Waals surface area contributed by atoms with E-state index in [2.05, 4.69) is 6.07 Å². The van der Waals surface area contributed by atoms with Gasteiger partial charge in [-0.1, -0.05) is 36.4 Å². The lowest BCUT2D eigenvalue weighted by Gasteiger charge is -2.28. The van der Waals surface area contributed by atoms with E-state index in [-0.39, 0.29) is 23.5 Å². The van der Waals surface area contributed by atoms with Gasteiger partial charge in [0, 0.05) is 16.0 Å². The maximum Gasteiger partial charge on any atom is 0.323 e. The van der Waals surface area contributed by atoms with Gasteiger partial charge in [0.1, 0.15) is 12.4 Å². The van der Waals surface area contributed by atoms with Gasteiger partial charge in [-0.3, -0.25) is 14.5 Å². The van der Waals surface area contributed by atoms with E-state index in [1.807, 2.05) is 67.2 Å². The summed E-state index contributed by atoms with van der Waals surface area (Å²) in [4.78, 5) is 27.2. The van der Waals surface area contributed by atoms with Crippen molar-refractivity contribution in [2.45, 2.75) is 31.6 Å². The number of carboxylic acids is 1. The molecule has 0 saturated heterocycles. The second kappa shape index (κ2) is 7.92. The molecule has 156 valence electrons. The molecule has 0 bridgehead atoms. The van der Waals surface area contributed by atoms with Crippen molar-refractivity contribution in [2.24, 2.45) is 0 Å². The van der Waals surface area contributed by atoms with Crippen LogP contribution in [0, 0.1) is 0 Å². The number of aliphatic carboxylic acids is 1. The Morgan fingerprint density at radius 1 is 1.20 bits per heavy atom. The number of fused-ring (bicyclic) bond motifs is 1. The summed E-state index contributed by atoms with van der Waals surface area (Å²) < 4.78 is 1.82. The average molecular weight is 442 g/mol. The van der Waals surface area contributed by atoms with Crippen molar-refractivity contribution in [3.63, 3.8) is 0 Å². The van der Waals surface area contributed by atoms with Crippen molar-refractivity contribution >= 4 is 40.8 Å². The minimum absolute atomic E-state index is 0.103. The van der Waals surface area contributed by atoms with E-state index in [1.165, 1.54) is 16.7 Å². The highest BCUT2D eigenvalue weighted by molar-refractivity contribution is 8.00. The highest BCUT2D eigenvalue weighted by Crippen LogP contribution is 2.49. The van der Waals surface area contributed by atoms with E-state index < -0.39 is 11.5 Å². The zero-order chi connectivity index (χ0) is 21.5. The zero-order valence-electron chi connectivity index (χ0n) is 17.0. The number of carbonyl (C=O) groups is 2. The molecule has 0 aliphatic carbocycles. The fraction of sp³-hybridized carbons (Fsp3) is 0.318. The number of thioether (sulfide) groups is 1. The predicted octanol–water partition coefficient (Wildman–Crippen LogP) is 4.62. The lowest BCUT2D eigenvalue weighted by atomic mass is 10.0. The lowest BCUT2D eigenvalue weighted by Crippen LogP contribution is -2.40. The van der Waals surface area contributed by atoms with Crippen molar-refractivity contribution in [1.29, 1.82) is 0 Å². The first-order valence-corrected chi connectivity index (χ1v) is 11.6. The van der Waals surface area contributed by atoms with Crippen LogP contribution >= 0.6 is 23.1 Å². The third kappa shape index (κ3) is 3.77. The van der Waals surface area contributed by atoms with Gasteiger partial charge < -0.3 is 5.11 Å². The fourth-order valence-corrected chi connectivity index (χ4v) is 5.77. The summed E-state index contributed by atoms with van der Waals surface area (Å²) in [5.74, 6) is -0.468. The van der Waals surface area contributed by atoms with E-state index in [4.69, 9.17) is 5.10 Å². The Hall–Kier alpha value is -2.58. The Morgan fingerprint density at radius 3 is 2.53 bits per heavy atom. The van der Waals surface area contributed by atoms with Crippen molar-refractivity contribution in [2.75, 3.05) is 17.2 Å². The average Bonchev–Trinajstić information content (AvgIpc) is 3.33. The molecule has 0 fully saturated rings. The standard InChI is InChI=1S/C22H23N3O3S2/c1-22(2,3)25-21-18(19(23-25)14-8-5-4-6-9-14)20(15-10-7-11-29-15)30-13-16(26)24(21)12-17(27)28/h4-11,20H,12-13H2,1-3H3,(H,27,28). The van der Waals surface area contributed by atoms with Gasteiger partial charge >= 0.3 is 5.97 Å². The van der Waals surface area contributed by atoms with Crippen LogP contribution in [0.3, 0.4) is 0 Å². The molecular formula is C22H23N3O3S2. The molecule has 3 heterocycles. The van der Waals surface area contributed by atoms with E-state index in [1.54, 1.807) is 11.3 Å². The third-order valence-corrected chi connectivity index (χ3v) is 7.19. The van der Waals surface area contributed by atoms with Crippen molar-refractivity contribution < 1.29 is 14.7 Å². The maximum atomic E-state index is 13.1. The first-order valence-electron chi connectivity index (χ1n) is 9.63. The molecule has 1 aromatic carbocycles. The smallest absolute Gasteiger partial charge is 0.323 e. The molecule has 0 spiro atoms. The van der Waals surface area contributed by atoms with Gasteiger partial charge in [-0.05, 0) is 32.2 Å². The summed E-state index contributed by atoms with van der Waals surface area (Å²) >= 11 is 3.16. The van der Waals surface area contributed by atoms with E-state index in [9.17, 15) is 14.7 Å². The molecule has 1 aliphatic heterocycles. The number of amides is 1. The Balaban J connectivity index is 2.06. The van der Waals surface area contributed by atoms with Crippen molar-refractivity contribution in [1.82, 2.24) is 9.78 Å². The van der Waals surface area contributed by atoms with Gasteiger partial charge in [-0.2, -0.15) is 5.10 Å². The van der Waals surface area contributed by atoms with Gasteiger partial charge in [0.2, 0.25) is 5.91 Å². The summed E-state index contributed by atoms with van der Waals surface area (Å²) in [5.41, 5.74) is 2.19. The van der Waals surface area contributed by atoms with Gasteiger partial charge in [0.05, 0.1) is 22.2 Å². The molecule has 1 N–H and O–H groups in total. The number of hydrogen-bond donors (Lipinski definition) is 1. The monoisotopic (exact) mass is 441 g/mol. The van der Waals surface area contributed by atoms with Gasteiger partial charge in [-0.25, -0.2) is 4.68 Å². The number of carboxylic acid groups (broad SMARTS) is 1. The van der Waals surface area contributed by atoms with E-state index in [0.29, 0.717) is 5.82 Å². The van der Waals surface area contributed by atoms with Crippen molar-refractivity contribution in [3.8, 4) is 11.3 Å². The number of aromatic nitrogens is 2. The second-order valence-corrected chi connectivity index (χ2v) is 10.2. The molecule has 1 unspecified atom stereocenters. The number of benzene rings is 1. The molecule has 1 aliphatic rings.